The Hall–Kier alpha value is -2.11. The summed E-state index contributed by atoms with van der Waals surface area (Å²) < 4.78 is 24.9. The highest BCUT2D eigenvalue weighted by atomic mass is 35.5. The summed E-state index contributed by atoms with van der Waals surface area (Å²) >= 11 is 5.94. The number of nitrogens with zero attached hydrogens (tertiary/aromatic N) is 2. The first-order valence-electron chi connectivity index (χ1n) is 6.95. The van der Waals surface area contributed by atoms with E-state index in [2.05, 4.69) is 5.10 Å². The van der Waals surface area contributed by atoms with Crippen LogP contribution in [0.5, 0.6) is 0 Å². The molecule has 0 N–H and O–H groups in total. The van der Waals surface area contributed by atoms with Crippen LogP contribution in [0.2, 0.25) is 5.02 Å². The molecule has 0 fully saturated rings. The standard InChI is InChI=1S/C17H15ClN2O2S/c1-20-11-16(12-3-7-14(18)8-4-12)17(19-20)13-5-9-15(10-6-13)23(2,21)22/h3-11H,1-2H3. The van der Waals surface area contributed by atoms with Gasteiger partial charge in [0.05, 0.1) is 4.90 Å². The Morgan fingerprint density at radius 3 is 2.09 bits per heavy atom. The second-order valence-corrected chi connectivity index (χ2v) is 7.82. The number of benzene rings is 2. The highest BCUT2D eigenvalue weighted by molar-refractivity contribution is 7.90. The van der Waals surface area contributed by atoms with E-state index in [0.717, 1.165) is 22.4 Å². The molecule has 1 aromatic heterocycles. The highest BCUT2D eigenvalue weighted by Crippen LogP contribution is 2.32. The summed E-state index contributed by atoms with van der Waals surface area (Å²) in [4.78, 5) is 0.297. The molecule has 0 unspecified atom stereocenters. The second kappa shape index (κ2) is 5.83. The van der Waals surface area contributed by atoms with Gasteiger partial charge in [-0.2, -0.15) is 5.10 Å². The van der Waals surface area contributed by atoms with E-state index in [1.165, 1.54) is 6.26 Å². The van der Waals surface area contributed by atoms with Crippen LogP contribution in [0.1, 0.15) is 0 Å². The number of hydrogen-bond donors (Lipinski definition) is 0. The fourth-order valence-corrected chi connectivity index (χ4v) is 3.16. The van der Waals surface area contributed by atoms with Gasteiger partial charge in [0, 0.05) is 35.6 Å². The van der Waals surface area contributed by atoms with Gasteiger partial charge in [-0.1, -0.05) is 35.9 Å². The number of halogens is 1. The number of sulfone groups is 1. The van der Waals surface area contributed by atoms with Gasteiger partial charge in [-0.25, -0.2) is 8.42 Å². The summed E-state index contributed by atoms with van der Waals surface area (Å²) in [6.07, 6.45) is 3.13. The highest BCUT2D eigenvalue weighted by Gasteiger charge is 2.13. The molecular weight excluding hydrogens is 332 g/mol. The van der Waals surface area contributed by atoms with Crippen LogP contribution in [-0.4, -0.2) is 24.5 Å². The van der Waals surface area contributed by atoms with Crippen molar-refractivity contribution in [2.24, 2.45) is 7.05 Å². The molecule has 0 aliphatic heterocycles. The fourth-order valence-electron chi connectivity index (χ4n) is 2.40. The molecule has 0 radical (unpaired) electrons. The third kappa shape index (κ3) is 3.30. The summed E-state index contributed by atoms with van der Waals surface area (Å²) in [7, 11) is -1.35. The van der Waals surface area contributed by atoms with Crippen LogP contribution in [0.4, 0.5) is 0 Å². The Bertz CT molecular complexity index is 943. The van der Waals surface area contributed by atoms with Gasteiger partial charge in [0.2, 0.25) is 0 Å². The van der Waals surface area contributed by atoms with Crippen molar-refractivity contribution in [3.8, 4) is 22.4 Å². The van der Waals surface area contributed by atoms with Crippen LogP contribution in [0.3, 0.4) is 0 Å². The zero-order chi connectivity index (χ0) is 16.6. The first kappa shape index (κ1) is 15.8. The quantitative estimate of drug-likeness (QED) is 0.724. The van der Waals surface area contributed by atoms with Gasteiger partial charge < -0.3 is 0 Å². The summed E-state index contributed by atoms with van der Waals surface area (Å²) in [6, 6.07) is 14.3. The lowest BCUT2D eigenvalue weighted by atomic mass is 10.0. The zero-order valence-corrected chi connectivity index (χ0v) is 14.3. The first-order chi connectivity index (χ1) is 10.8. The van der Waals surface area contributed by atoms with Crippen molar-refractivity contribution in [1.29, 1.82) is 0 Å². The van der Waals surface area contributed by atoms with E-state index in [1.54, 1.807) is 28.9 Å². The lowest BCUT2D eigenvalue weighted by Crippen LogP contribution is -1.96. The predicted molar refractivity (Wildman–Crippen MR) is 92.2 cm³/mol. The number of aromatic nitrogens is 2. The van der Waals surface area contributed by atoms with Gasteiger partial charge in [0.15, 0.2) is 9.84 Å². The Kier molecular flexibility index (Phi) is 4.00. The summed E-state index contributed by atoms with van der Waals surface area (Å²) in [6.45, 7) is 0. The maximum absolute atomic E-state index is 11.6. The maximum Gasteiger partial charge on any atom is 0.175 e. The molecule has 2 aromatic carbocycles. The lowest BCUT2D eigenvalue weighted by Gasteiger charge is -2.04. The van der Waals surface area contributed by atoms with E-state index < -0.39 is 9.84 Å². The van der Waals surface area contributed by atoms with Crippen LogP contribution in [0, 0.1) is 0 Å². The third-order valence-electron chi connectivity index (χ3n) is 3.54. The number of aryl methyl sites for hydroxylation is 1. The van der Waals surface area contributed by atoms with Crippen molar-refractivity contribution in [1.82, 2.24) is 9.78 Å². The molecule has 3 aromatic rings. The molecule has 0 atom stereocenters. The van der Waals surface area contributed by atoms with Gasteiger partial charge in [-0.3, -0.25) is 4.68 Å². The predicted octanol–water partition coefficient (Wildman–Crippen LogP) is 3.81. The van der Waals surface area contributed by atoms with Crippen LogP contribution >= 0.6 is 11.6 Å². The topological polar surface area (TPSA) is 52.0 Å². The van der Waals surface area contributed by atoms with Crippen LogP contribution < -0.4 is 0 Å². The van der Waals surface area contributed by atoms with E-state index in [4.69, 9.17) is 11.6 Å². The average molecular weight is 347 g/mol. The molecule has 0 bridgehead atoms. The minimum atomic E-state index is -3.20. The molecule has 0 spiro atoms. The average Bonchev–Trinajstić information content (AvgIpc) is 2.89. The number of rotatable bonds is 3. The summed E-state index contributed by atoms with van der Waals surface area (Å²) in [5, 5.41) is 5.18. The van der Waals surface area contributed by atoms with Crippen molar-refractivity contribution in [2.45, 2.75) is 4.90 Å². The van der Waals surface area contributed by atoms with Gasteiger partial charge in [-0.15, -0.1) is 0 Å². The molecule has 118 valence electrons. The first-order valence-corrected chi connectivity index (χ1v) is 9.21. The monoisotopic (exact) mass is 346 g/mol. The van der Waals surface area contributed by atoms with E-state index in [-0.39, 0.29) is 0 Å². The molecule has 0 saturated carbocycles. The van der Waals surface area contributed by atoms with Crippen molar-refractivity contribution in [2.75, 3.05) is 6.26 Å². The van der Waals surface area contributed by atoms with Crippen molar-refractivity contribution >= 4 is 21.4 Å². The molecule has 4 nitrogen and oxygen atoms in total. The van der Waals surface area contributed by atoms with Gasteiger partial charge in [-0.05, 0) is 29.8 Å². The minimum absolute atomic E-state index is 0.297. The molecule has 1 heterocycles. The molecule has 6 heteroatoms. The normalized spacial score (nSPS) is 11.6. The van der Waals surface area contributed by atoms with E-state index >= 15 is 0 Å². The third-order valence-corrected chi connectivity index (χ3v) is 4.92. The van der Waals surface area contributed by atoms with Gasteiger partial charge >= 0.3 is 0 Å². The molecule has 0 amide bonds. The smallest absolute Gasteiger partial charge is 0.175 e. The molecule has 3 rings (SSSR count). The van der Waals surface area contributed by atoms with E-state index in [0.29, 0.717) is 9.92 Å². The number of hydrogen-bond acceptors (Lipinski definition) is 3. The SMILES string of the molecule is Cn1cc(-c2ccc(Cl)cc2)c(-c2ccc(S(C)(=O)=O)cc2)n1. The van der Waals surface area contributed by atoms with Crippen molar-refractivity contribution in [3.63, 3.8) is 0 Å². The van der Waals surface area contributed by atoms with Crippen molar-refractivity contribution in [3.05, 3.63) is 59.8 Å². The molecule has 23 heavy (non-hydrogen) atoms. The zero-order valence-electron chi connectivity index (χ0n) is 12.7. The molecule has 0 aliphatic rings. The second-order valence-electron chi connectivity index (χ2n) is 5.37. The largest absolute Gasteiger partial charge is 0.275 e. The van der Waals surface area contributed by atoms with Crippen molar-refractivity contribution < 1.29 is 8.42 Å². The lowest BCUT2D eigenvalue weighted by molar-refractivity contribution is 0.602. The molecule has 0 saturated heterocycles. The van der Waals surface area contributed by atoms with E-state index in [9.17, 15) is 8.42 Å². The Morgan fingerprint density at radius 2 is 1.52 bits per heavy atom. The fraction of sp³-hybridized carbons (Fsp3) is 0.118. The Labute approximate surface area is 140 Å². The van der Waals surface area contributed by atoms with Crippen LogP contribution in [-0.2, 0) is 16.9 Å². The summed E-state index contributed by atoms with van der Waals surface area (Å²) in [5.74, 6) is 0. The minimum Gasteiger partial charge on any atom is -0.275 e. The molecular formula is C17H15ClN2O2S. The maximum atomic E-state index is 11.6. The Morgan fingerprint density at radius 1 is 0.957 bits per heavy atom. The van der Waals surface area contributed by atoms with Crippen LogP contribution in [0.15, 0.2) is 59.6 Å². The van der Waals surface area contributed by atoms with E-state index in [1.807, 2.05) is 37.5 Å². The summed E-state index contributed by atoms with van der Waals surface area (Å²) in [5.41, 5.74) is 3.64. The van der Waals surface area contributed by atoms with Gasteiger partial charge in [0.1, 0.15) is 5.69 Å². The molecule has 0 aliphatic carbocycles. The Balaban J connectivity index is 2.09. The van der Waals surface area contributed by atoms with Crippen LogP contribution in [0.25, 0.3) is 22.4 Å². The van der Waals surface area contributed by atoms with Gasteiger partial charge in [0.25, 0.3) is 0 Å².